The van der Waals surface area contributed by atoms with E-state index in [1.54, 1.807) is 12.1 Å². The zero-order chi connectivity index (χ0) is 15.5. The molecule has 1 aliphatic heterocycles. The van der Waals surface area contributed by atoms with Gasteiger partial charge in [0, 0.05) is 25.1 Å². The van der Waals surface area contributed by atoms with Crippen molar-refractivity contribution in [2.45, 2.75) is 37.8 Å². The fraction of sp³-hybridized carbons (Fsp3) is 0.600. The molecule has 2 unspecified atom stereocenters. The van der Waals surface area contributed by atoms with Crippen LogP contribution in [0.4, 0.5) is 0 Å². The second-order valence-corrected chi connectivity index (χ2v) is 7.37. The van der Waals surface area contributed by atoms with Crippen LogP contribution in [0.15, 0.2) is 23.1 Å². The van der Waals surface area contributed by atoms with Gasteiger partial charge in [-0.2, -0.15) is 0 Å². The Bertz CT molecular complexity index is 581. The van der Waals surface area contributed by atoms with Crippen LogP contribution in [0.25, 0.3) is 0 Å². The zero-order valence-electron chi connectivity index (χ0n) is 12.8. The molecule has 0 spiro atoms. The van der Waals surface area contributed by atoms with Crippen LogP contribution in [0.5, 0.6) is 0 Å². The average Bonchev–Trinajstić information content (AvgIpc) is 2.95. The first-order chi connectivity index (χ1) is 9.94. The quantitative estimate of drug-likeness (QED) is 0.833. The van der Waals surface area contributed by atoms with Crippen molar-refractivity contribution in [2.24, 2.45) is 5.92 Å². The smallest absolute Gasteiger partial charge is 0.240 e. The number of hydrogen-bond acceptors (Lipinski definition) is 4. The van der Waals surface area contributed by atoms with Crippen molar-refractivity contribution >= 4 is 10.0 Å². The molecule has 1 fully saturated rings. The van der Waals surface area contributed by atoms with E-state index in [0.717, 1.165) is 17.5 Å². The van der Waals surface area contributed by atoms with Gasteiger partial charge in [0.2, 0.25) is 10.0 Å². The van der Waals surface area contributed by atoms with Gasteiger partial charge in [-0.05, 0) is 50.6 Å². The lowest BCUT2D eigenvalue weighted by Gasteiger charge is -2.19. The molecule has 0 saturated carbocycles. The summed E-state index contributed by atoms with van der Waals surface area (Å²) in [5.41, 5.74) is 2.08. The molecular formula is C15H24N2O3S. The van der Waals surface area contributed by atoms with Gasteiger partial charge in [-0.1, -0.05) is 6.07 Å². The molecular weight excluding hydrogens is 288 g/mol. The van der Waals surface area contributed by atoms with Gasteiger partial charge in [-0.15, -0.1) is 0 Å². The van der Waals surface area contributed by atoms with Gasteiger partial charge in [0.05, 0.1) is 11.5 Å². The highest BCUT2D eigenvalue weighted by Crippen LogP contribution is 2.20. The van der Waals surface area contributed by atoms with E-state index >= 15 is 0 Å². The van der Waals surface area contributed by atoms with Gasteiger partial charge in [0.1, 0.15) is 0 Å². The predicted octanol–water partition coefficient (Wildman–Crippen LogP) is 1.42. The van der Waals surface area contributed by atoms with Gasteiger partial charge in [-0.25, -0.2) is 13.1 Å². The molecule has 1 aliphatic rings. The molecule has 0 bridgehead atoms. The van der Waals surface area contributed by atoms with Crippen LogP contribution in [-0.2, 0) is 21.3 Å². The molecule has 1 heterocycles. The monoisotopic (exact) mass is 312 g/mol. The Labute approximate surface area is 127 Å². The minimum Gasteiger partial charge on any atom is -0.381 e. The summed E-state index contributed by atoms with van der Waals surface area (Å²) in [6.45, 7) is 5.88. The highest BCUT2D eigenvalue weighted by molar-refractivity contribution is 7.89. The third kappa shape index (κ3) is 4.03. The number of aryl methyl sites for hydroxylation is 1. The van der Waals surface area contributed by atoms with Crippen molar-refractivity contribution in [2.75, 3.05) is 20.3 Å². The molecule has 118 valence electrons. The lowest BCUT2D eigenvalue weighted by atomic mass is 10.0. The number of benzene rings is 1. The molecule has 21 heavy (non-hydrogen) atoms. The minimum atomic E-state index is -3.49. The molecule has 6 heteroatoms. The van der Waals surface area contributed by atoms with Crippen LogP contribution in [-0.4, -0.2) is 34.7 Å². The Hall–Kier alpha value is -0.950. The molecule has 0 aromatic heterocycles. The maximum Gasteiger partial charge on any atom is 0.240 e. The largest absolute Gasteiger partial charge is 0.381 e. The lowest BCUT2D eigenvalue weighted by molar-refractivity contribution is 0.180. The van der Waals surface area contributed by atoms with Gasteiger partial charge >= 0.3 is 0 Å². The first-order valence-corrected chi connectivity index (χ1v) is 8.76. The molecule has 0 aliphatic carbocycles. The summed E-state index contributed by atoms with van der Waals surface area (Å²) < 4.78 is 33.1. The van der Waals surface area contributed by atoms with Gasteiger partial charge in [0.25, 0.3) is 0 Å². The molecule has 1 aromatic rings. The molecule has 0 amide bonds. The maximum absolute atomic E-state index is 12.5. The van der Waals surface area contributed by atoms with E-state index < -0.39 is 10.0 Å². The Morgan fingerprint density at radius 1 is 1.43 bits per heavy atom. The minimum absolute atomic E-state index is 0.119. The van der Waals surface area contributed by atoms with E-state index in [1.165, 1.54) is 0 Å². The zero-order valence-corrected chi connectivity index (χ0v) is 13.7. The van der Waals surface area contributed by atoms with Crippen LogP contribution >= 0.6 is 0 Å². The second-order valence-electron chi connectivity index (χ2n) is 5.65. The Morgan fingerprint density at radius 2 is 2.19 bits per heavy atom. The summed E-state index contributed by atoms with van der Waals surface area (Å²) >= 11 is 0. The summed E-state index contributed by atoms with van der Waals surface area (Å²) in [6.07, 6.45) is 0.905. The van der Waals surface area contributed by atoms with E-state index in [-0.39, 0.29) is 12.0 Å². The van der Waals surface area contributed by atoms with Crippen molar-refractivity contribution in [3.8, 4) is 0 Å². The first-order valence-electron chi connectivity index (χ1n) is 7.28. The molecule has 2 N–H and O–H groups in total. The maximum atomic E-state index is 12.5. The number of sulfonamides is 1. The van der Waals surface area contributed by atoms with Crippen LogP contribution in [0.3, 0.4) is 0 Å². The molecule has 1 aromatic carbocycles. The number of rotatable bonds is 6. The van der Waals surface area contributed by atoms with Crippen molar-refractivity contribution in [1.82, 2.24) is 10.0 Å². The normalized spacial score (nSPS) is 20.6. The lowest BCUT2D eigenvalue weighted by Crippen LogP contribution is -2.38. The highest BCUT2D eigenvalue weighted by atomic mass is 32.2. The van der Waals surface area contributed by atoms with E-state index in [4.69, 9.17) is 4.74 Å². The van der Waals surface area contributed by atoms with E-state index in [9.17, 15) is 8.42 Å². The average molecular weight is 312 g/mol. The molecule has 2 atom stereocenters. The summed E-state index contributed by atoms with van der Waals surface area (Å²) in [4.78, 5) is 0.323. The summed E-state index contributed by atoms with van der Waals surface area (Å²) in [7, 11) is -1.64. The molecule has 1 saturated heterocycles. The topological polar surface area (TPSA) is 67.4 Å². The van der Waals surface area contributed by atoms with Crippen molar-refractivity contribution in [1.29, 1.82) is 0 Å². The van der Waals surface area contributed by atoms with Gasteiger partial charge in [-0.3, -0.25) is 0 Å². The fourth-order valence-corrected chi connectivity index (χ4v) is 3.91. The van der Waals surface area contributed by atoms with Crippen molar-refractivity contribution in [3.05, 3.63) is 29.3 Å². The summed E-state index contributed by atoms with van der Waals surface area (Å²) in [6, 6.07) is 5.14. The fourth-order valence-electron chi connectivity index (χ4n) is 2.55. The summed E-state index contributed by atoms with van der Waals surface area (Å²) in [5.74, 6) is 0.252. The first kappa shape index (κ1) is 16.4. The van der Waals surface area contributed by atoms with Crippen LogP contribution in [0.2, 0.25) is 0 Å². The van der Waals surface area contributed by atoms with Crippen molar-refractivity contribution < 1.29 is 13.2 Å². The third-order valence-corrected chi connectivity index (χ3v) is 5.57. The van der Waals surface area contributed by atoms with E-state index in [1.807, 2.05) is 27.0 Å². The summed E-state index contributed by atoms with van der Waals surface area (Å²) in [5, 5.41) is 3.06. The number of nitrogens with one attached hydrogen (secondary N) is 2. The van der Waals surface area contributed by atoms with Crippen LogP contribution in [0, 0.1) is 12.8 Å². The Balaban J connectivity index is 2.16. The number of hydrogen-bond donors (Lipinski definition) is 2. The third-order valence-electron chi connectivity index (χ3n) is 4.01. The number of ether oxygens (including phenoxy) is 1. The Morgan fingerprint density at radius 3 is 2.81 bits per heavy atom. The SMILES string of the molecule is CNCc1cc(S(=O)(=O)NC(C)C2CCOC2)ccc1C. The van der Waals surface area contributed by atoms with Crippen LogP contribution < -0.4 is 10.0 Å². The standard InChI is InChI=1S/C15H24N2O3S/c1-11-4-5-15(8-14(11)9-16-3)21(18,19)17-12(2)13-6-7-20-10-13/h4-5,8,12-13,16-17H,6-7,9-10H2,1-3H3. The highest BCUT2D eigenvalue weighted by Gasteiger charge is 2.26. The van der Waals surface area contributed by atoms with Crippen LogP contribution in [0.1, 0.15) is 24.5 Å². The molecule has 2 rings (SSSR count). The second kappa shape index (κ2) is 6.87. The van der Waals surface area contributed by atoms with E-state index in [0.29, 0.717) is 24.7 Å². The van der Waals surface area contributed by atoms with E-state index in [2.05, 4.69) is 10.0 Å². The van der Waals surface area contributed by atoms with Gasteiger partial charge < -0.3 is 10.1 Å². The predicted molar refractivity (Wildman–Crippen MR) is 82.7 cm³/mol. The molecule has 0 radical (unpaired) electrons. The van der Waals surface area contributed by atoms with Crippen molar-refractivity contribution in [3.63, 3.8) is 0 Å². The van der Waals surface area contributed by atoms with Gasteiger partial charge in [0.15, 0.2) is 0 Å². The Kier molecular flexibility index (Phi) is 5.37. The molecule has 5 nitrogen and oxygen atoms in total.